The number of hydrogen-bond acceptors (Lipinski definition) is 5. The van der Waals surface area contributed by atoms with Crippen LogP contribution in [0, 0.1) is 0 Å². The maximum atomic E-state index is 12.5. The van der Waals surface area contributed by atoms with Gasteiger partial charge in [-0.15, -0.1) is 0 Å². The van der Waals surface area contributed by atoms with E-state index >= 15 is 0 Å². The molecule has 1 aromatic carbocycles. The average Bonchev–Trinajstić information content (AvgIpc) is 2.62. The second-order valence-electron chi connectivity index (χ2n) is 5.30. The second-order valence-corrected chi connectivity index (χ2v) is 5.74. The largest absolute Gasteiger partial charge is 0.495 e. The molecule has 1 fully saturated rings. The average molecular weight is 348 g/mol. The van der Waals surface area contributed by atoms with Crippen LogP contribution in [0.3, 0.4) is 0 Å². The number of amides is 1. The molecule has 1 saturated heterocycles. The molecule has 2 aromatic rings. The van der Waals surface area contributed by atoms with Crippen molar-refractivity contribution in [2.45, 2.75) is 0 Å². The molecule has 1 aliphatic rings. The number of carbonyl (C=O) groups is 1. The van der Waals surface area contributed by atoms with E-state index in [0.717, 1.165) is 11.4 Å². The summed E-state index contributed by atoms with van der Waals surface area (Å²) in [5.74, 6) is 0.567. The Morgan fingerprint density at radius 3 is 2.83 bits per heavy atom. The van der Waals surface area contributed by atoms with Gasteiger partial charge in [0.25, 0.3) is 5.91 Å². The third-order valence-electron chi connectivity index (χ3n) is 3.72. The summed E-state index contributed by atoms with van der Waals surface area (Å²) in [4.78, 5) is 18.4. The van der Waals surface area contributed by atoms with Gasteiger partial charge in [-0.25, -0.2) is 0 Å². The number of halogens is 1. The third kappa shape index (κ3) is 3.77. The van der Waals surface area contributed by atoms with Crippen molar-refractivity contribution in [3.05, 3.63) is 47.2 Å². The van der Waals surface area contributed by atoms with Crippen LogP contribution in [0.4, 0.5) is 11.4 Å². The lowest BCUT2D eigenvalue weighted by molar-refractivity contribution is 0.0299. The number of methoxy groups -OCH3 is 1. The maximum Gasteiger partial charge on any atom is 0.272 e. The molecule has 1 amide bonds. The Labute approximate surface area is 145 Å². The van der Waals surface area contributed by atoms with Gasteiger partial charge < -0.3 is 19.7 Å². The Bertz CT molecular complexity index is 733. The lowest BCUT2D eigenvalue weighted by Crippen LogP contribution is -2.41. The fourth-order valence-corrected chi connectivity index (χ4v) is 2.66. The summed E-state index contributed by atoms with van der Waals surface area (Å²) in [6, 6.07) is 8.82. The smallest absolute Gasteiger partial charge is 0.272 e. The van der Waals surface area contributed by atoms with Gasteiger partial charge in [0, 0.05) is 30.0 Å². The number of nitrogens with zero attached hydrogens (tertiary/aromatic N) is 2. The molecule has 1 aliphatic heterocycles. The summed E-state index contributed by atoms with van der Waals surface area (Å²) < 4.78 is 10.6. The molecule has 3 rings (SSSR count). The van der Waals surface area contributed by atoms with Gasteiger partial charge in [-0.05, 0) is 30.3 Å². The van der Waals surface area contributed by atoms with E-state index < -0.39 is 0 Å². The zero-order valence-electron chi connectivity index (χ0n) is 13.3. The molecule has 1 N–H and O–H groups in total. The van der Waals surface area contributed by atoms with Crippen LogP contribution in [0.2, 0.25) is 5.02 Å². The number of aromatic nitrogens is 1. The number of anilines is 2. The molecule has 0 atom stereocenters. The van der Waals surface area contributed by atoms with Crippen molar-refractivity contribution in [3.8, 4) is 5.75 Å². The molecular formula is C17H18ClN3O3. The second kappa shape index (κ2) is 7.51. The van der Waals surface area contributed by atoms with Gasteiger partial charge in [0.15, 0.2) is 0 Å². The molecular weight excluding hydrogens is 330 g/mol. The monoisotopic (exact) mass is 347 g/mol. The minimum atomic E-state index is -0.0972. The van der Waals surface area contributed by atoms with E-state index in [2.05, 4.69) is 10.3 Å². The summed E-state index contributed by atoms with van der Waals surface area (Å²) in [5.41, 5.74) is 1.85. The molecule has 0 bridgehead atoms. The lowest BCUT2D eigenvalue weighted by atomic mass is 10.2. The van der Waals surface area contributed by atoms with Gasteiger partial charge in [0.05, 0.1) is 26.0 Å². The Morgan fingerprint density at radius 2 is 2.08 bits per heavy atom. The van der Waals surface area contributed by atoms with Crippen LogP contribution in [0.5, 0.6) is 5.75 Å². The number of pyridine rings is 1. The van der Waals surface area contributed by atoms with E-state index in [1.807, 2.05) is 0 Å². The number of morpholine rings is 1. The molecule has 0 unspecified atom stereocenters. The van der Waals surface area contributed by atoms with Crippen LogP contribution in [0.15, 0.2) is 36.5 Å². The van der Waals surface area contributed by atoms with Crippen LogP contribution in [-0.4, -0.2) is 49.2 Å². The molecule has 0 saturated carbocycles. The highest BCUT2D eigenvalue weighted by molar-refractivity contribution is 6.31. The summed E-state index contributed by atoms with van der Waals surface area (Å²) in [6.07, 6.45) is 1.60. The number of carbonyl (C=O) groups excluding carboxylic acids is 1. The predicted octanol–water partition coefficient (Wildman–Crippen LogP) is 2.96. The number of ether oxygens (including phenoxy) is 2. The Kier molecular flexibility index (Phi) is 5.17. The summed E-state index contributed by atoms with van der Waals surface area (Å²) in [6.45, 7) is 2.29. The number of rotatable bonds is 4. The summed E-state index contributed by atoms with van der Waals surface area (Å²) >= 11 is 6.04. The van der Waals surface area contributed by atoms with Crippen molar-refractivity contribution < 1.29 is 14.3 Å². The van der Waals surface area contributed by atoms with Crippen molar-refractivity contribution in [2.24, 2.45) is 0 Å². The number of benzene rings is 1. The maximum absolute atomic E-state index is 12.5. The molecule has 126 valence electrons. The van der Waals surface area contributed by atoms with E-state index in [0.29, 0.717) is 42.8 Å². The first-order valence-electron chi connectivity index (χ1n) is 7.61. The minimum absolute atomic E-state index is 0.0972. The molecule has 1 aromatic heterocycles. The van der Waals surface area contributed by atoms with Gasteiger partial charge in [-0.1, -0.05) is 11.6 Å². The minimum Gasteiger partial charge on any atom is -0.495 e. The Morgan fingerprint density at radius 1 is 1.29 bits per heavy atom. The SMILES string of the molecule is COc1ccc(Cl)cc1Nc1ccnc(C(=O)N2CCOCC2)c1. The van der Waals surface area contributed by atoms with E-state index in [-0.39, 0.29) is 5.91 Å². The van der Waals surface area contributed by atoms with Gasteiger partial charge in [-0.3, -0.25) is 9.78 Å². The van der Waals surface area contributed by atoms with Crippen LogP contribution in [0.25, 0.3) is 0 Å². The van der Waals surface area contributed by atoms with Gasteiger partial charge in [-0.2, -0.15) is 0 Å². The third-order valence-corrected chi connectivity index (χ3v) is 3.95. The van der Waals surface area contributed by atoms with Crippen molar-refractivity contribution in [1.82, 2.24) is 9.88 Å². The normalized spacial score (nSPS) is 14.3. The number of hydrogen-bond donors (Lipinski definition) is 1. The molecule has 2 heterocycles. The molecule has 7 heteroatoms. The van der Waals surface area contributed by atoms with Gasteiger partial charge in [0.2, 0.25) is 0 Å². The fourth-order valence-electron chi connectivity index (χ4n) is 2.49. The highest BCUT2D eigenvalue weighted by Gasteiger charge is 2.19. The molecule has 24 heavy (non-hydrogen) atoms. The Hall–Kier alpha value is -2.31. The zero-order chi connectivity index (χ0) is 16.9. The van der Waals surface area contributed by atoms with Gasteiger partial charge >= 0.3 is 0 Å². The summed E-state index contributed by atoms with van der Waals surface area (Å²) in [7, 11) is 1.59. The highest BCUT2D eigenvalue weighted by atomic mass is 35.5. The van der Waals surface area contributed by atoms with E-state index in [1.165, 1.54) is 0 Å². The molecule has 0 radical (unpaired) electrons. The quantitative estimate of drug-likeness (QED) is 0.921. The first-order chi connectivity index (χ1) is 11.7. The molecule has 0 spiro atoms. The summed E-state index contributed by atoms with van der Waals surface area (Å²) in [5, 5.41) is 3.81. The topological polar surface area (TPSA) is 63.7 Å². The van der Waals surface area contributed by atoms with Crippen molar-refractivity contribution in [2.75, 3.05) is 38.7 Å². The predicted molar refractivity (Wildman–Crippen MR) is 92.2 cm³/mol. The van der Waals surface area contributed by atoms with Crippen molar-refractivity contribution >= 4 is 28.9 Å². The highest BCUT2D eigenvalue weighted by Crippen LogP contribution is 2.30. The van der Waals surface area contributed by atoms with E-state index in [4.69, 9.17) is 21.1 Å². The lowest BCUT2D eigenvalue weighted by Gasteiger charge is -2.26. The van der Waals surface area contributed by atoms with E-state index in [9.17, 15) is 4.79 Å². The first kappa shape index (κ1) is 16.5. The van der Waals surface area contributed by atoms with Gasteiger partial charge in [0.1, 0.15) is 11.4 Å². The van der Waals surface area contributed by atoms with Crippen LogP contribution in [-0.2, 0) is 4.74 Å². The van der Waals surface area contributed by atoms with Crippen molar-refractivity contribution in [1.29, 1.82) is 0 Å². The fraction of sp³-hybridized carbons (Fsp3) is 0.294. The molecule has 0 aliphatic carbocycles. The van der Waals surface area contributed by atoms with Crippen LogP contribution < -0.4 is 10.1 Å². The number of nitrogens with one attached hydrogen (secondary N) is 1. The van der Waals surface area contributed by atoms with Crippen LogP contribution in [0.1, 0.15) is 10.5 Å². The van der Waals surface area contributed by atoms with Crippen molar-refractivity contribution in [3.63, 3.8) is 0 Å². The van der Waals surface area contributed by atoms with Crippen LogP contribution >= 0.6 is 11.6 Å². The standard InChI is InChI=1S/C17H18ClN3O3/c1-23-16-3-2-12(18)10-14(16)20-13-4-5-19-15(11-13)17(22)21-6-8-24-9-7-21/h2-5,10-11H,6-9H2,1H3,(H,19,20). The zero-order valence-corrected chi connectivity index (χ0v) is 14.0. The molecule has 6 nitrogen and oxygen atoms in total. The Balaban J connectivity index is 1.80. The van der Waals surface area contributed by atoms with E-state index in [1.54, 1.807) is 48.5 Å². The first-order valence-corrected chi connectivity index (χ1v) is 7.99.